The van der Waals surface area contributed by atoms with Gasteiger partial charge in [0.1, 0.15) is 0 Å². The van der Waals surface area contributed by atoms with Crippen LogP contribution in [0.25, 0.3) is 5.57 Å². The predicted molar refractivity (Wildman–Crippen MR) is 137 cm³/mol. The van der Waals surface area contributed by atoms with Crippen LogP contribution in [0.4, 0.5) is 5.69 Å². The van der Waals surface area contributed by atoms with E-state index in [9.17, 15) is 9.59 Å². The van der Waals surface area contributed by atoms with Gasteiger partial charge in [-0.1, -0.05) is 90.7 Å². The normalized spacial score (nSPS) is 15.9. The maximum absolute atomic E-state index is 13.3. The minimum atomic E-state index is -0.263. The van der Waals surface area contributed by atoms with Crippen molar-refractivity contribution in [1.82, 2.24) is 0 Å². The minimum absolute atomic E-state index is 0.184. The molecule has 0 atom stereocenters. The van der Waals surface area contributed by atoms with Crippen LogP contribution in [0.5, 0.6) is 0 Å². The van der Waals surface area contributed by atoms with Gasteiger partial charge in [-0.2, -0.15) is 0 Å². The maximum Gasteiger partial charge on any atom is 0.255 e. The Hall–Kier alpha value is -3.60. The van der Waals surface area contributed by atoms with Crippen molar-refractivity contribution in [3.05, 3.63) is 131 Å². The fourth-order valence-electron chi connectivity index (χ4n) is 3.39. The van der Waals surface area contributed by atoms with Crippen LogP contribution in [0, 0.1) is 0 Å². The summed E-state index contributed by atoms with van der Waals surface area (Å²) >= 11 is 7.79. The molecule has 5 heteroatoms. The number of allylic oxidation sites excluding steroid dienone is 7. The van der Waals surface area contributed by atoms with E-state index in [-0.39, 0.29) is 11.7 Å². The van der Waals surface area contributed by atoms with E-state index < -0.39 is 0 Å². The van der Waals surface area contributed by atoms with Crippen molar-refractivity contribution in [3.63, 3.8) is 0 Å². The third-order valence-electron chi connectivity index (χ3n) is 4.95. The number of ketones is 1. The van der Waals surface area contributed by atoms with E-state index in [2.05, 4.69) is 11.9 Å². The van der Waals surface area contributed by atoms with Crippen LogP contribution in [0.1, 0.15) is 26.3 Å². The molecule has 0 spiro atoms. The number of amides is 1. The second-order valence-electron chi connectivity index (χ2n) is 7.21. The van der Waals surface area contributed by atoms with Crippen molar-refractivity contribution in [1.29, 1.82) is 0 Å². The minimum Gasteiger partial charge on any atom is -0.321 e. The van der Waals surface area contributed by atoms with E-state index in [1.807, 2.05) is 54.6 Å². The Bertz CT molecular complexity index is 1320. The lowest BCUT2D eigenvalue weighted by Crippen LogP contribution is -2.15. The van der Waals surface area contributed by atoms with E-state index in [0.717, 1.165) is 9.79 Å². The Morgan fingerprint density at radius 2 is 1.48 bits per heavy atom. The van der Waals surface area contributed by atoms with Crippen molar-refractivity contribution in [3.8, 4) is 0 Å². The molecule has 0 fully saturated rings. The summed E-state index contributed by atoms with van der Waals surface area (Å²) in [5.74, 6) is -0.447. The van der Waals surface area contributed by atoms with Crippen molar-refractivity contribution < 1.29 is 9.59 Å². The molecule has 0 radical (unpaired) electrons. The maximum atomic E-state index is 13.3. The summed E-state index contributed by atoms with van der Waals surface area (Å²) < 4.78 is 0. The molecule has 4 rings (SSSR count). The lowest BCUT2D eigenvalue weighted by molar-refractivity contribution is 0.102. The molecule has 1 aliphatic carbocycles. The molecule has 1 N–H and O–H groups in total. The summed E-state index contributed by atoms with van der Waals surface area (Å²) in [5, 5.41) is 3.56. The second kappa shape index (κ2) is 10.3. The molecule has 3 nitrogen and oxygen atoms in total. The summed E-state index contributed by atoms with van der Waals surface area (Å²) in [5.41, 5.74) is 2.70. The Morgan fingerprint density at radius 1 is 0.788 bits per heavy atom. The van der Waals surface area contributed by atoms with Gasteiger partial charge >= 0.3 is 0 Å². The number of fused-ring (bicyclic) bond motifs is 1. The molecule has 0 bridgehead atoms. The molecule has 0 unspecified atom stereocenters. The first-order valence-corrected chi connectivity index (χ1v) is 11.4. The summed E-state index contributed by atoms with van der Waals surface area (Å²) in [6.07, 6.45) is 10.5. The predicted octanol–water partition coefficient (Wildman–Crippen LogP) is 7.62. The van der Waals surface area contributed by atoms with Gasteiger partial charge in [0, 0.05) is 32.2 Å². The highest BCUT2D eigenvalue weighted by atomic mass is 35.5. The van der Waals surface area contributed by atoms with Gasteiger partial charge in [-0.15, -0.1) is 0 Å². The van der Waals surface area contributed by atoms with Crippen molar-refractivity contribution >= 4 is 46.3 Å². The Kier molecular flexibility index (Phi) is 7.08. The largest absolute Gasteiger partial charge is 0.321 e. The molecule has 0 saturated heterocycles. The molecule has 0 heterocycles. The quantitative estimate of drug-likeness (QED) is 0.427. The first-order valence-electron chi connectivity index (χ1n) is 10.3. The fourth-order valence-corrected chi connectivity index (χ4v) is 4.63. The molecule has 0 saturated carbocycles. The molecule has 0 aliphatic heterocycles. The molecule has 33 heavy (non-hydrogen) atoms. The molecule has 162 valence electrons. The molecule has 1 aliphatic rings. The van der Waals surface area contributed by atoms with Gasteiger partial charge in [0.15, 0.2) is 5.78 Å². The number of carbonyl (C=O) groups excluding carboxylic acids is 2. The van der Waals surface area contributed by atoms with Crippen LogP contribution in [-0.4, -0.2) is 11.7 Å². The van der Waals surface area contributed by atoms with E-state index in [1.54, 1.807) is 42.5 Å². The van der Waals surface area contributed by atoms with Gasteiger partial charge in [0.05, 0.1) is 5.02 Å². The van der Waals surface area contributed by atoms with Crippen molar-refractivity contribution in [2.24, 2.45) is 0 Å². The van der Waals surface area contributed by atoms with Gasteiger partial charge in [-0.3, -0.25) is 9.59 Å². The first kappa shape index (κ1) is 22.6. The number of benzene rings is 3. The topological polar surface area (TPSA) is 46.2 Å². The van der Waals surface area contributed by atoms with Crippen LogP contribution in [0.15, 0.2) is 120 Å². The van der Waals surface area contributed by atoms with E-state index in [0.29, 0.717) is 33.0 Å². The molecule has 1 amide bonds. The lowest BCUT2D eigenvalue weighted by Gasteiger charge is -2.19. The molecule has 3 aromatic carbocycles. The number of anilines is 1. The van der Waals surface area contributed by atoms with Crippen LogP contribution in [0.3, 0.4) is 0 Å². The summed E-state index contributed by atoms with van der Waals surface area (Å²) in [6.45, 7) is 4.19. The van der Waals surface area contributed by atoms with E-state index >= 15 is 0 Å². The highest BCUT2D eigenvalue weighted by Crippen LogP contribution is 2.40. The van der Waals surface area contributed by atoms with Crippen molar-refractivity contribution in [2.75, 3.05) is 5.32 Å². The Morgan fingerprint density at radius 3 is 2.24 bits per heavy atom. The third-order valence-corrected chi connectivity index (χ3v) is 6.53. The smallest absolute Gasteiger partial charge is 0.255 e. The third kappa shape index (κ3) is 5.25. The number of carbonyl (C=O) groups is 2. The zero-order valence-electron chi connectivity index (χ0n) is 17.6. The SMILES string of the molecule is C=C1/C=C/C=C\C=C\C(=O)c2c(Sc3ccccc3Cl)ccc(NC(=O)c3ccccc3)c21. The molecule has 0 aromatic heterocycles. The lowest BCUT2D eigenvalue weighted by atomic mass is 9.94. The van der Waals surface area contributed by atoms with Gasteiger partial charge in [-0.25, -0.2) is 0 Å². The van der Waals surface area contributed by atoms with E-state index in [4.69, 9.17) is 11.6 Å². The number of halogens is 1. The highest BCUT2D eigenvalue weighted by molar-refractivity contribution is 7.99. The first-order chi connectivity index (χ1) is 16.0. The van der Waals surface area contributed by atoms with Crippen molar-refractivity contribution in [2.45, 2.75) is 9.79 Å². The van der Waals surface area contributed by atoms with Crippen LogP contribution in [0.2, 0.25) is 5.02 Å². The summed E-state index contributed by atoms with van der Waals surface area (Å²) in [6, 6.07) is 20.0. The average Bonchev–Trinajstić information content (AvgIpc) is 2.83. The van der Waals surface area contributed by atoms with Crippen LogP contribution >= 0.6 is 23.4 Å². The van der Waals surface area contributed by atoms with Gasteiger partial charge in [0.25, 0.3) is 5.91 Å². The number of hydrogen-bond acceptors (Lipinski definition) is 3. The zero-order valence-corrected chi connectivity index (χ0v) is 19.2. The fraction of sp³-hybridized carbons (Fsp3) is 0. The Labute approximate surface area is 202 Å². The number of hydrogen-bond donors (Lipinski definition) is 1. The standard InChI is InChI=1S/C28H20ClNO2S/c1-19-11-5-2-3-8-15-23(31)27-25(33-24-16-10-9-14-21(24)29)18-17-22(26(19)27)30-28(32)20-12-6-4-7-13-20/h2-18H,1H2,(H,30,32)/b3-2-,11-5+,15-8+. The molecular weight excluding hydrogens is 450 g/mol. The zero-order chi connectivity index (χ0) is 23.2. The molecule has 3 aromatic rings. The second-order valence-corrected chi connectivity index (χ2v) is 8.70. The Balaban J connectivity index is 1.86. The summed E-state index contributed by atoms with van der Waals surface area (Å²) in [4.78, 5) is 27.8. The monoisotopic (exact) mass is 469 g/mol. The number of rotatable bonds is 4. The molecular formula is C28H20ClNO2S. The summed E-state index contributed by atoms with van der Waals surface area (Å²) in [7, 11) is 0. The highest BCUT2D eigenvalue weighted by Gasteiger charge is 2.22. The van der Waals surface area contributed by atoms with Gasteiger partial charge in [-0.05, 0) is 48.0 Å². The van der Waals surface area contributed by atoms with Gasteiger partial charge in [0.2, 0.25) is 0 Å². The van der Waals surface area contributed by atoms with Crippen LogP contribution in [-0.2, 0) is 0 Å². The average molecular weight is 470 g/mol. The van der Waals surface area contributed by atoms with E-state index in [1.165, 1.54) is 17.8 Å². The van der Waals surface area contributed by atoms with Crippen LogP contribution < -0.4 is 5.32 Å². The number of nitrogens with one attached hydrogen (secondary N) is 1. The van der Waals surface area contributed by atoms with Gasteiger partial charge < -0.3 is 5.32 Å².